The third kappa shape index (κ3) is 14.6. The number of allylic oxidation sites excluding steroid dienone is 6. The number of aliphatic hydroxyl groups excluding tert-OH is 2. The molecule has 0 heterocycles. The summed E-state index contributed by atoms with van der Waals surface area (Å²) in [5.41, 5.74) is -0.788. The summed E-state index contributed by atoms with van der Waals surface area (Å²) in [6.45, 7) is 3.93. The summed E-state index contributed by atoms with van der Waals surface area (Å²) < 4.78 is 0. The van der Waals surface area contributed by atoms with Crippen LogP contribution in [0.15, 0.2) is 48.6 Å². The van der Waals surface area contributed by atoms with E-state index in [1.54, 1.807) is 43.4 Å². The molecule has 0 saturated heterocycles. The van der Waals surface area contributed by atoms with Gasteiger partial charge in [0.1, 0.15) is 0 Å². The van der Waals surface area contributed by atoms with Crippen molar-refractivity contribution >= 4 is 5.97 Å². The highest BCUT2D eigenvalue weighted by Crippen LogP contribution is 2.15. The summed E-state index contributed by atoms with van der Waals surface area (Å²) in [6.07, 6.45) is 16.4. The Labute approximate surface area is 157 Å². The molecule has 1 unspecified atom stereocenters. The summed E-state index contributed by atoms with van der Waals surface area (Å²) in [5.74, 6) is -0.909. The quantitative estimate of drug-likeness (QED) is 0.278. The average Bonchev–Trinajstić information content (AvgIpc) is 2.56. The number of hydrogen-bond acceptors (Lipinski definition) is 4. The van der Waals surface area contributed by atoms with E-state index < -0.39 is 23.8 Å². The van der Waals surface area contributed by atoms with Crippen molar-refractivity contribution in [3.05, 3.63) is 48.6 Å². The van der Waals surface area contributed by atoms with Crippen LogP contribution >= 0.6 is 0 Å². The number of aliphatic hydroxyl groups is 3. The third-order valence-corrected chi connectivity index (χ3v) is 3.89. The minimum absolute atomic E-state index is 0.0167. The largest absolute Gasteiger partial charge is 0.481 e. The number of carboxylic acids is 1. The fraction of sp³-hybridized carbons (Fsp3) is 0.571. The molecule has 0 aliphatic carbocycles. The molecule has 0 aromatic heterocycles. The lowest BCUT2D eigenvalue weighted by Crippen LogP contribution is -2.23. The molecule has 0 aromatic carbocycles. The molecule has 5 nitrogen and oxygen atoms in total. The molecule has 0 amide bonds. The van der Waals surface area contributed by atoms with Crippen molar-refractivity contribution in [1.29, 1.82) is 0 Å². The van der Waals surface area contributed by atoms with Gasteiger partial charge in [-0.15, -0.1) is 0 Å². The second-order valence-electron chi connectivity index (χ2n) is 6.67. The van der Waals surface area contributed by atoms with Crippen molar-refractivity contribution in [3.63, 3.8) is 0 Å². The first-order valence-electron chi connectivity index (χ1n) is 9.28. The van der Waals surface area contributed by atoms with Crippen molar-refractivity contribution in [3.8, 4) is 0 Å². The topological polar surface area (TPSA) is 98.0 Å². The lowest BCUT2D eigenvalue weighted by molar-refractivity contribution is -0.137. The van der Waals surface area contributed by atoms with E-state index in [1.165, 1.54) is 6.08 Å². The van der Waals surface area contributed by atoms with E-state index in [9.17, 15) is 20.1 Å². The van der Waals surface area contributed by atoms with Crippen molar-refractivity contribution in [1.82, 2.24) is 0 Å². The van der Waals surface area contributed by atoms with Gasteiger partial charge in [0, 0.05) is 6.42 Å². The van der Waals surface area contributed by atoms with Gasteiger partial charge >= 0.3 is 5.97 Å². The molecule has 0 rings (SSSR count). The molecule has 0 fully saturated rings. The predicted octanol–water partition coefficient (Wildman–Crippen LogP) is 3.52. The maximum absolute atomic E-state index is 10.4. The summed E-state index contributed by atoms with van der Waals surface area (Å²) in [5, 5.41) is 38.1. The minimum Gasteiger partial charge on any atom is -0.481 e. The van der Waals surface area contributed by atoms with Crippen LogP contribution in [0, 0.1) is 0 Å². The number of carboxylic acid groups (broad SMARTS) is 1. The maximum Gasteiger partial charge on any atom is 0.303 e. The Morgan fingerprint density at radius 3 is 2.23 bits per heavy atom. The molecule has 148 valence electrons. The molecular formula is C21H34O5. The van der Waals surface area contributed by atoms with E-state index in [0.717, 1.165) is 25.7 Å². The zero-order chi connectivity index (χ0) is 19.8. The van der Waals surface area contributed by atoms with Gasteiger partial charge in [-0.25, -0.2) is 0 Å². The monoisotopic (exact) mass is 366 g/mol. The summed E-state index contributed by atoms with van der Waals surface area (Å²) in [7, 11) is 0. The lowest BCUT2D eigenvalue weighted by Gasteiger charge is -2.18. The van der Waals surface area contributed by atoms with E-state index in [4.69, 9.17) is 5.11 Å². The molecule has 26 heavy (non-hydrogen) atoms. The first kappa shape index (κ1) is 24.3. The minimum atomic E-state index is -1.02. The number of unbranched alkanes of at least 4 members (excludes halogenated alkanes) is 2. The van der Waals surface area contributed by atoms with E-state index >= 15 is 0 Å². The number of aliphatic carboxylic acids is 1. The summed E-state index contributed by atoms with van der Waals surface area (Å²) >= 11 is 0. The van der Waals surface area contributed by atoms with Gasteiger partial charge in [-0.3, -0.25) is 4.79 Å². The van der Waals surface area contributed by atoms with Gasteiger partial charge in [-0.05, 0) is 26.2 Å². The van der Waals surface area contributed by atoms with E-state index in [1.807, 2.05) is 6.08 Å². The van der Waals surface area contributed by atoms with Crippen LogP contribution in [0.25, 0.3) is 0 Å². The molecule has 3 atom stereocenters. The maximum atomic E-state index is 10.4. The van der Waals surface area contributed by atoms with Crippen LogP contribution in [0.5, 0.6) is 0 Å². The molecule has 0 aromatic rings. The van der Waals surface area contributed by atoms with Crippen LogP contribution in [-0.4, -0.2) is 44.2 Å². The van der Waals surface area contributed by atoms with Crippen LogP contribution < -0.4 is 0 Å². The van der Waals surface area contributed by atoms with Crippen LogP contribution in [0.3, 0.4) is 0 Å². The normalized spacial score (nSPS) is 17.4. The number of carbonyl (C=O) groups is 1. The van der Waals surface area contributed by atoms with E-state index in [0.29, 0.717) is 6.42 Å². The highest BCUT2D eigenvalue weighted by Gasteiger charge is 2.14. The zero-order valence-corrected chi connectivity index (χ0v) is 15.9. The second-order valence-corrected chi connectivity index (χ2v) is 6.67. The fourth-order valence-corrected chi connectivity index (χ4v) is 2.28. The molecule has 0 spiro atoms. The molecular weight excluding hydrogens is 332 g/mol. The predicted molar refractivity (Wildman–Crippen MR) is 105 cm³/mol. The Bertz CT molecular complexity index is 489. The highest BCUT2D eigenvalue weighted by atomic mass is 16.4. The first-order valence-corrected chi connectivity index (χ1v) is 9.28. The van der Waals surface area contributed by atoms with Gasteiger partial charge < -0.3 is 20.4 Å². The van der Waals surface area contributed by atoms with E-state index in [-0.39, 0.29) is 12.8 Å². The Morgan fingerprint density at radius 2 is 1.62 bits per heavy atom. The van der Waals surface area contributed by atoms with Gasteiger partial charge in [-0.1, -0.05) is 74.8 Å². The SMILES string of the molecule is CCCCCC(C)(O)/C=C/C=C\C=C\C=C\[C@@H](O)[C@@H](O)CCCC(=O)O. The molecule has 4 N–H and O–H groups in total. The Kier molecular flexibility index (Phi) is 13.5. The molecule has 0 bridgehead atoms. The second kappa shape index (κ2) is 14.5. The van der Waals surface area contributed by atoms with Crippen LogP contribution in [-0.2, 0) is 4.79 Å². The first-order chi connectivity index (χ1) is 12.3. The van der Waals surface area contributed by atoms with Gasteiger partial charge in [-0.2, -0.15) is 0 Å². The van der Waals surface area contributed by atoms with Crippen molar-refractivity contribution in [2.75, 3.05) is 0 Å². The molecule has 0 aliphatic rings. The standard InChI is InChI=1S/C21H34O5/c1-3-4-10-16-21(2,26)17-11-8-6-5-7-9-13-18(22)19(23)14-12-15-20(24)25/h5-9,11,13,17-19,22-23,26H,3-4,10,12,14-16H2,1-2H3,(H,24,25)/b7-5+,8-6-,13-9+,17-11+/t18-,19+,21?/m1/s1. The molecule has 5 heteroatoms. The Balaban J connectivity index is 4.12. The number of hydrogen-bond donors (Lipinski definition) is 4. The van der Waals surface area contributed by atoms with Gasteiger partial charge in [0.2, 0.25) is 0 Å². The molecule has 0 aliphatic heterocycles. The van der Waals surface area contributed by atoms with Gasteiger partial charge in [0.15, 0.2) is 0 Å². The zero-order valence-electron chi connectivity index (χ0n) is 15.9. The van der Waals surface area contributed by atoms with Crippen LogP contribution in [0.1, 0.15) is 58.8 Å². The van der Waals surface area contributed by atoms with Crippen LogP contribution in [0.2, 0.25) is 0 Å². The summed E-state index contributed by atoms with van der Waals surface area (Å²) in [4.78, 5) is 10.4. The number of rotatable bonds is 14. The average molecular weight is 366 g/mol. The van der Waals surface area contributed by atoms with E-state index in [2.05, 4.69) is 6.92 Å². The van der Waals surface area contributed by atoms with Crippen LogP contribution in [0.4, 0.5) is 0 Å². The van der Waals surface area contributed by atoms with Crippen molar-refractivity contribution < 1.29 is 25.2 Å². The highest BCUT2D eigenvalue weighted by molar-refractivity contribution is 5.66. The fourth-order valence-electron chi connectivity index (χ4n) is 2.28. The molecule has 0 radical (unpaired) electrons. The Morgan fingerprint density at radius 1 is 1.00 bits per heavy atom. The summed E-state index contributed by atoms with van der Waals surface area (Å²) in [6, 6.07) is 0. The Hall–Kier alpha value is -1.69. The van der Waals surface area contributed by atoms with Crippen molar-refractivity contribution in [2.45, 2.75) is 76.6 Å². The smallest absolute Gasteiger partial charge is 0.303 e. The lowest BCUT2D eigenvalue weighted by atomic mass is 9.98. The molecule has 0 saturated carbocycles. The van der Waals surface area contributed by atoms with Gasteiger partial charge in [0.05, 0.1) is 17.8 Å². The van der Waals surface area contributed by atoms with Crippen molar-refractivity contribution in [2.24, 2.45) is 0 Å². The third-order valence-electron chi connectivity index (χ3n) is 3.89. The van der Waals surface area contributed by atoms with Gasteiger partial charge in [0.25, 0.3) is 0 Å².